The second kappa shape index (κ2) is 6.75. The third-order valence-electron chi connectivity index (χ3n) is 4.05. The Kier molecular flexibility index (Phi) is 4.52. The molecule has 0 saturated heterocycles. The van der Waals surface area contributed by atoms with Crippen LogP contribution in [0.1, 0.15) is 30.0 Å². The number of benzene rings is 2. The van der Waals surface area contributed by atoms with Crippen LogP contribution >= 0.6 is 0 Å². The third kappa shape index (κ3) is 3.40. The smallest absolute Gasteiger partial charge is 0.135 e. The number of carbonyl (C=O) groups excluding carboxylic acids is 1. The van der Waals surface area contributed by atoms with E-state index in [1.807, 2.05) is 42.5 Å². The number of allylic oxidation sites excluding steroid dienone is 1. The lowest BCUT2D eigenvalue weighted by molar-refractivity contribution is -0.116. The first-order valence-electron chi connectivity index (χ1n) is 7.92. The Labute approximate surface area is 142 Å². The van der Waals surface area contributed by atoms with Crippen LogP contribution in [0, 0.1) is 0 Å². The summed E-state index contributed by atoms with van der Waals surface area (Å²) in [6, 6.07) is 14.0. The van der Waals surface area contributed by atoms with E-state index in [4.69, 9.17) is 9.47 Å². The van der Waals surface area contributed by atoms with Crippen LogP contribution in [0.5, 0.6) is 11.5 Å². The Balaban J connectivity index is 1.95. The van der Waals surface area contributed by atoms with Gasteiger partial charge in [0.25, 0.3) is 0 Å². The molecular formula is C21H20O3. The Morgan fingerprint density at radius 2 is 1.92 bits per heavy atom. The van der Waals surface area contributed by atoms with E-state index >= 15 is 0 Å². The molecule has 1 aliphatic rings. The van der Waals surface area contributed by atoms with Gasteiger partial charge in [-0.2, -0.15) is 0 Å². The van der Waals surface area contributed by atoms with Crippen LogP contribution in [-0.2, 0) is 11.2 Å². The molecule has 24 heavy (non-hydrogen) atoms. The monoisotopic (exact) mass is 320 g/mol. The van der Waals surface area contributed by atoms with Crippen molar-refractivity contribution < 1.29 is 14.3 Å². The highest BCUT2D eigenvalue weighted by molar-refractivity contribution is 5.86. The number of ether oxygens (including phenoxy) is 2. The molecule has 2 aromatic carbocycles. The van der Waals surface area contributed by atoms with Gasteiger partial charge in [0.1, 0.15) is 23.0 Å². The molecule has 1 heterocycles. The summed E-state index contributed by atoms with van der Waals surface area (Å²) in [4.78, 5) is 11.2. The molecule has 0 radical (unpaired) electrons. The van der Waals surface area contributed by atoms with E-state index in [9.17, 15) is 4.79 Å². The van der Waals surface area contributed by atoms with Crippen LogP contribution in [0.15, 0.2) is 60.9 Å². The molecule has 2 aromatic rings. The summed E-state index contributed by atoms with van der Waals surface area (Å²) in [5.41, 5.74) is 4.27. The highest BCUT2D eigenvalue weighted by Crippen LogP contribution is 2.38. The normalized spacial score (nSPS) is 12.9. The van der Waals surface area contributed by atoms with Gasteiger partial charge in [0.05, 0.1) is 7.11 Å². The summed E-state index contributed by atoms with van der Waals surface area (Å²) in [6.07, 6.45) is 3.21. The van der Waals surface area contributed by atoms with Gasteiger partial charge in [0, 0.05) is 12.0 Å². The molecule has 0 spiro atoms. The minimum absolute atomic E-state index is 0.192. The summed E-state index contributed by atoms with van der Waals surface area (Å²) in [6.45, 7) is 5.56. The predicted molar refractivity (Wildman–Crippen MR) is 95.3 cm³/mol. The molecule has 0 atom stereocenters. The average Bonchev–Trinajstić information content (AvgIpc) is 2.59. The van der Waals surface area contributed by atoms with Gasteiger partial charge < -0.3 is 14.3 Å². The number of carbonyl (C=O) groups is 1. The Bertz CT molecular complexity index is 813. The molecule has 0 fully saturated rings. The number of Topliss-reactive ketones (excluding diaryl/α,β-unsaturated/α-hetero) is 1. The zero-order chi connectivity index (χ0) is 17.1. The summed E-state index contributed by atoms with van der Waals surface area (Å²) in [5, 5.41) is 0. The van der Waals surface area contributed by atoms with E-state index in [0.29, 0.717) is 12.2 Å². The first-order valence-corrected chi connectivity index (χ1v) is 7.92. The zero-order valence-electron chi connectivity index (χ0n) is 14.0. The standard InChI is InChI=1S/C21H20O3/c1-14(22)4-5-16-6-11-19-20(12-15(2)24-21(19)13-16)17-7-9-18(23-3)10-8-17/h6-13H,2,4-5H2,1,3H3. The summed E-state index contributed by atoms with van der Waals surface area (Å²) in [5.74, 6) is 2.41. The maximum absolute atomic E-state index is 11.2. The second-order valence-electron chi connectivity index (χ2n) is 5.89. The lowest BCUT2D eigenvalue weighted by atomic mass is 9.93. The van der Waals surface area contributed by atoms with E-state index < -0.39 is 0 Å². The molecule has 0 N–H and O–H groups in total. The molecule has 0 aliphatic carbocycles. The Hall–Kier alpha value is -2.81. The van der Waals surface area contributed by atoms with E-state index in [2.05, 4.69) is 12.6 Å². The van der Waals surface area contributed by atoms with Gasteiger partial charge >= 0.3 is 0 Å². The quantitative estimate of drug-likeness (QED) is 0.810. The molecule has 0 bridgehead atoms. The summed E-state index contributed by atoms with van der Waals surface area (Å²) >= 11 is 0. The van der Waals surface area contributed by atoms with Gasteiger partial charge in [-0.25, -0.2) is 0 Å². The number of rotatable bonds is 5. The van der Waals surface area contributed by atoms with Crippen LogP contribution in [0.25, 0.3) is 5.57 Å². The van der Waals surface area contributed by atoms with Crippen molar-refractivity contribution in [1.29, 1.82) is 0 Å². The fraction of sp³-hybridized carbons (Fsp3) is 0.190. The second-order valence-corrected chi connectivity index (χ2v) is 5.89. The molecule has 0 aromatic heterocycles. The molecule has 3 nitrogen and oxygen atoms in total. The van der Waals surface area contributed by atoms with Gasteiger partial charge in [-0.05, 0) is 54.3 Å². The van der Waals surface area contributed by atoms with Crippen molar-refractivity contribution in [2.75, 3.05) is 7.11 Å². The molecule has 1 aliphatic heterocycles. The van der Waals surface area contributed by atoms with Gasteiger partial charge in [0.15, 0.2) is 0 Å². The third-order valence-corrected chi connectivity index (χ3v) is 4.05. The lowest BCUT2D eigenvalue weighted by Gasteiger charge is -2.21. The molecule has 3 heteroatoms. The van der Waals surface area contributed by atoms with Crippen LogP contribution in [-0.4, -0.2) is 12.9 Å². The summed E-state index contributed by atoms with van der Waals surface area (Å²) in [7, 11) is 1.66. The van der Waals surface area contributed by atoms with E-state index in [-0.39, 0.29) is 5.78 Å². The predicted octanol–water partition coefficient (Wildman–Crippen LogP) is 4.55. The van der Waals surface area contributed by atoms with Crippen LogP contribution in [0.2, 0.25) is 0 Å². The SMILES string of the molecule is C=C1C=C(c2ccc(OC)cc2)c2ccc(CCC(C)=O)cc2O1. The number of fused-ring (bicyclic) bond motifs is 1. The molecule has 0 amide bonds. The average molecular weight is 320 g/mol. The largest absolute Gasteiger partial charge is 0.497 e. The van der Waals surface area contributed by atoms with Gasteiger partial charge in [-0.3, -0.25) is 0 Å². The van der Waals surface area contributed by atoms with Crippen molar-refractivity contribution in [2.45, 2.75) is 19.8 Å². The number of aryl methyl sites for hydroxylation is 1. The molecule has 0 saturated carbocycles. The van der Waals surface area contributed by atoms with Crippen molar-refractivity contribution in [2.24, 2.45) is 0 Å². The zero-order valence-corrected chi connectivity index (χ0v) is 14.0. The van der Waals surface area contributed by atoms with Crippen molar-refractivity contribution in [3.63, 3.8) is 0 Å². The molecule has 3 rings (SSSR count). The van der Waals surface area contributed by atoms with E-state index in [1.165, 1.54) is 0 Å². The van der Waals surface area contributed by atoms with Crippen LogP contribution < -0.4 is 9.47 Å². The minimum atomic E-state index is 0.192. The van der Waals surface area contributed by atoms with Crippen molar-refractivity contribution in [3.8, 4) is 11.5 Å². The van der Waals surface area contributed by atoms with Crippen molar-refractivity contribution in [1.82, 2.24) is 0 Å². The Morgan fingerprint density at radius 3 is 2.58 bits per heavy atom. The highest BCUT2D eigenvalue weighted by Gasteiger charge is 2.18. The van der Waals surface area contributed by atoms with E-state index in [0.717, 1.165) is 40.2 Å². The van der Waals surface area contributed by atoms with Gasteiger partial charge in [-0.15, -0.1) is 0 Å². The Morgan fingerprint density at radius 1 is 1.17 bits per heavy atom. The van der Waals surface area contributed by atoms with Crippen LogP contribution in [0.3, 0.4) is 0 Å². The number of ketones is 1. The molecule has 122 valence electrons. The number of methoxy groups -OCH3 is 1. The molecular weight excluding hydrogens is 300 g/mol. The van der Waals surface area contributed by atoms with Crippen molar-refractivity contribution in [3.05, 3.63) is 77.6 Å². The maximum Gasteiger partial charge on any atom is 0.135 e. The highest BCUT2D eigenvalue weighted by atomic mass is 16.5. The fourth-order valence-corrected chi connectivity index (χ4v) is 2.77. The first kappa shape index (κ1) is 16.1. The maximum atomic E-state index is 11.2. The lowest BCUT2D eigenvalue weighted by Crippen LogP contribution is -2.04. The van der Waals surface area contributed by atoms with Crippen LogP contribution in [0.4, 0.5) is 0 Å². The topological polar surface area (TPSA) is 35.5 Å². The number of hydrogen-bond donors (Lipinski definition) is 0. The number of hydrogen-bond acceptors (Lipinski definition) is 3. The molecule has 0 unspecified atom stereocenters. The van der Waals surface area contributed by atoms with E-state index in [1.54, 1.807) is 14.0 Å². The van der Waals surface area contributed by atoms with Gasteiger partial charge in [-0.1, -0.05) is 30.8 Å². The minimum Gasteiger partial charge on any atom is -0.497 e. The van der Waals surface area contributed by atoms with Gasteiger partial charge in [0.2, 0.25) is 0 Å². The summed E-state index contributed by atoms with van der Waals surface area (Å²) < 4.78 is 11.0. The van der Waals surface area contributed by atoms with Crippen molar-refractivity contribution >= 4 is 11.4 Å². The fourth-order valence-electron chi connectivity index (χ4n) is 2.77. The first-order chi connectivity index (χ1) is 11.6.